The topological polar surface area (TPSA) is 169 Å². The number of nitrogens with two attached hydrogens (primary N) is 1. The molecule has 2 aromatic carbocycles. The molecule has 2 rings (SSSR count). The molecule has 0 radical (unpaired) electrons. The summed E-state index contributed by atoms with van der Waals surface area (Å²) >= 11 is 0. The number of esters is 1. The number of ether oxygens (including phenoxy) is 2. The molecule has 0 saturated carbocycles. The minimum Gasteiger partial charge on any atom is -0.443 e. The maximum atomic E-state index is 12.0. The predicted molar refractivity (Wildman–Crippen MR) is 123 cm³/mol. The van der Waals surface area contributed by atoms with E-state index in [-0.39, 0.29) is 6.61 Å². The van der Waals surface area contributed by atoms with E-state index in [0.29, 0.717) is 11.4 Å². The summed E-state index contributed by atoms with van der Waals surface area (Å²) in [5.74, 6) is -2.30. The number of hydrogen-bond donors (Lipinski definition) is 4. The lowest BCUT2D eigenvalue weighted by molar-refractivity contribution is -0.139. The van der Waals surface area contributed by atoms with Gasteiger partial charge < -0.3 is 25.8 Å². The minimum atomic E-state index is -1.19. The van der Waals surface area contributed by atoms with E-state index in [2.05, 4.69) is 20.8 Å². The second-order valence-corrected chi connectivity index (χ2v) is 7.26. The Hall–Kier alpha value is -4.45. The largest absolute Gasteiger partial charge is 0.443 e. The van der Waals surface area contributed by atoms with Gasteiger partial charge in [-0.05, 0) is 17.5 Å². The number of rotatable bonds is 9. The number of hydrazine groups is 1. The molecule has 35 heavy (non-hydrogen) atoms. The van der Waals surface area contributed by atoms with E-state index in [9.17, 15) is 24.0 Å². The third-order valence-corrected chi connectivity index (χ3v) is 4.44. The van der Waals surface area contributed by atoms with E-state index in [1.165, 1.54) is 0 Å². The Bertz CT molecular complexity index is 1020. The summed E-state index contributed by atoms with van der Waals surface area (Å²) in [5, 5.41) is 5.18. The highest BCUT2D eigenvalue weighted by Gasteiger charge is 2.19. The van der Waals surface area contributed by atoms with E-state index < -0.39 is 49.1 Å². The zero-order chi connectivity index (χ0) is 25.6. The molecule has 0 bridgehead atoms. The Kier molecular flexibility index (Phi) is 10.7. The predicted octanol–water partition coefficient (Wildman–Crippen LogP) is 0.225. The molecule has 0 saturated heterocycles. The SMILES string of the molecule is CN(NC(=O)OCc1ccccc1)C(=O)OC(=O)CNC(=O)CNC(=O)[C@@H](N)Cc1ccccc1. The van der Waals surface area contributed by atoms with Crippen LogP contribution >= 0.6 is 0 Å². The molecule has 0 aliphatic heterocycles. The normalized spacial score (nSPS) is 10.9. The second kappa shape index (κ2) is 14.0. The van der Waals surface area contributed by atoms with Gasteiger partial charge in [-0.25, -0.2) is 24.8 Å². The summed E-state index contributed by atoms with van der Waals surface area (Å²) in [5.41, 5.74) is 9.52. The van der Waals surface area contributed by atoms with Crippen molar-refractivity contribution in [2.75, 3.05) is 20.1 Å². The van der Waals surface area contributed by atoms with Gasteiger partial charge >= 0.3 is 18.2 Å². The number of nitrogens with one attached hydrogen (secondary N) is 3. The average Bonchev–Trinajstić information content (AvgIpc) is 2.85. The smallest absolute Gasteiger partial charge is 0.436 e. The monoisotopic (exact) mass is 485 g/mol. The number of carbonyl (C=O) groups is 5. The Morgan fingerprint density at radius 3 is 2.11 bits per heavy atom. The molecule has 0 fully saturated rings. The fraction of sp³-hybridized carbons (Fsp3) is 0.261. The van der Waals surface area contributed by atoms with Gasteiger partial charge in [0.1, 0.15) is 13.2 Å². The number of amides is 4. The third kappa shape index (κ3) is 10.4. The van der Waals surface area contributed by atoms with Gasteiger partial charge in [-0.3, -0.25) is 9.59 Å². The van der Waals surface area contributed by atoms with Gasteiger partial charge in [0.2, 0.25) is 11.8 Å². The van der Waals surface area contributed by atoms with E-state index in [1.54, 1.807) is 24.3 Å². The maximum absolute atomic E-state index is 12.0. The van der Waals surface area contributed by atoms with E-state index in [1.807, 2.05) is 36.4 Å². The van der Waals surface area contributed by atoms with Gasteiger partial charge in [-0.1, -0.05) is 60.7 Å². The fourth-order valence-corrected chi connectivity index (χ4v) is 2.63. The van der Waals surface area contributed by atoms with Crippen LogP contribution in [0.5, 0.6) is 0 Å². The molecular formula is C23H27N5O7. The standard InChI is InChI=1S/C23H27N5O7/c1-28(27-22(32)34-15-17-10-6-3-7-11-17)23(33)35-20(30)14-25-19(29)13-26-21(31)18(24)12-16-8-4-2-5-9-16/h2-11,18H,12-15,24H2,1H3,(H,25,29)(H,26,31)(H,27,32)/t18-/m0/s1. The van der Waals surface area contributed by atoms with Crippen LogP contribution in [0.3, 0.4) is 0 Å². The lowest BCUT2D eigenvalue weighted by atomic mass is 10.1. The summed E-state index contributed by atoms with van der Waals surface area (Å²) in [7, 11) is 1.15. The van der Waals surface area contributed by atoms with Gasteiger partial charge in [-0.2, -0.15) is 0 Å². The Balaban J connectivity index is 1.62. The van der Waals surface area contributed by atoms with Crippen molar-refractivity contribution < 1.29 is 33.4 Å². The molecule has 0 aromatic heterocycles. The van der Waals surface area contributed by atoms with Gasteiger partial charge in [0.05, 0.1) is 12.6 Å². The molecule has 0 heterocycles. The third-order valence-electron chi connectivity index (χ3n) is 4.44. The van der Waals surface area contributed by atoms with Gasteiger partial charge in [0.25, 0.3) is 0 Å². The molecule has 12 heteroatoms. The van der Waals surface area contributed by atoms with Crippen LogP contribution in [0.4, 0.5) is 9.59 Å². The summed E-state index contributed by atoms with van der Waals surface area (Å²) in [6.45, 7) is -1.08. The first kappa shape index (κ1) is 26.8. The van der Waals surface area contributed by atoms with Crippen molar-refractivity contribution in [3.8, 4) is 0 Å². The molecule has 12 nitrogen and oxygen atoms in total. The molecule has 0 spiro atoms. The molecule has 0 aliphatic carbocycles. The van der Waals surface area contributed by atoms with Crippen LogP contribution < -0.4 is 21.8 Å². The zero-order valence-corrected chi connectivity index (χ0v) is 19.1. The molecule has 0 unspecified atom stereocenters. The number of nitrogens with zero attached hydrogens (tertiary/aromatic N) is 1. The highest BCUT2D eigenvalue weighted by atomic mass is 16.6. The van der Waals surface area contributed by atoms with Crippen LogP contribution in [0, 0.1) is 0 Å². The van der Waals surface area contributed by atoms with Crippen LogP contribution in [0.1, 0.15) is 11.1 Å². The summed E-state index contributed by atoms with van der Waals surface area (Å²) in [4.78, 5) is 59.3. The summed E-state index contributed by atoms with van der Waals surface area (Å²) < 4.78 is 9.46. The number of benzene rings is 2. The molecule has 1 atom stereocenters. The van der Waals surface area contributed by atoms with Crippen molar-refractivity contribution >= 4 is 30.0 Å². The average molecular weight is 485 g/mol. The van der Waals surface area contributed by atoms with E-state index >= 15 is 0 Å². The fourth-order valence-electron chi connectivity index (χ4n) is 2.63. The number of hydrogen-bond acceptors (Lipinski definition) is 8. The lowest BCUT2D eigenvalue weighted by Crippen LogP contribution is -2.47. The van der Waals surface area contributed by atoms with Crippen LogP contribution in [-0.4, -0.2) is 61.2 Å². The van der Waals surface area contributed by atoms with Crippen molar-refractivity contribution in [2.45, 2.75) is 19.1 Å². The number of carbonyl (C=O) groups excluding carboxylic acids is 5. The van der Waals surface area contributed by atoms with Crippen LogP contribution in [0.25, 0.3) is 0 Å². The highest BCUT2D eigenvalue weighted by molar-refractivity contribution is 5.91. The molecular weight excluding hydrogens is 458 g/mol. The molecule has 5 N–H and O–H groups in total. The maximum Gasteiger partial charge on any atom is 0.436 e. The second-order valence-electron chi connectivity index (χ2n) is 7.26. The highest BCUT2D eigenvalue weighted by Crippen LogP contribution is 2.02. The van der Waals surface area contributed by atoms with E-state index in [0.717, 1.165) is 18.2 Å². The summed E-state index contributed by atoms with van der Waals surface area (Å²) in [6.07, 6.45) is -1.83. The van der Waals surface area contributed by atoms with Crippen molar-refractivity contribution in [3.63, 3.8) is 0 Å². The Labute approximate surface area is 201 Å². The molecule has 2 aromatic rings. The lowest BCUT2D eigenvalue weighted by Gasteiger charge is -2.17. The van der Waals surface area contributed by atoms with Gasteiger partial charge in [-0.15, -0.1) is 0 Å². The Morgan fingerprint density at radius 2 is 1.49 bits per heavy atom. The van der Waals surface area contributed by atoms with Crippen molar-refractivity contribution in [3.05, 3.63) is 71.8 Å². The van der Waals surface area contributed by atoms with Crippen molar-refractivity contribution in [1.82, 2.24) is 21.1 Å². The van der Waals surface area contributed by atoms with Gasteiger partial charge in [0, 0.05) is 7.05 Å². The van der Waals surface area contributed by atoms with Crippen molar-refractivity contribution in [2.24, 2.45) is 5.73 Å². The van der Waals surface area contributed by atoms with E-state index in [4.69, 9.17) is 10.5 Å². The quantitative estimate of drug-likeness (QED) is 0.222. The van der Waals surface area contributed by atoms with Crippen LogP contribution in [0.2, 0.25) is 0 Å². The molecule has 4 amide bonds. The molecule has 186 valence electrons. The molecule has 0 aliphatic rings. The van der Waals surface area contributed by atoms with Gasteiger partial charge in [0.15, 0.2) is 0 Å². The van der Waals surface area contributed by atoms with Crippen LogP contribution in [0.15, 0.2) is 60.7 Å². The first-order chi connectivity index (χ1) is 16.7. The zero-order valence-electron chi connectivity index (χ0n) is 19.1. The van der Waals surface area contributed by atoms with Crippen molar-refractivity contribution in [1.29, 1.82) is 0 Å². The van der Waals surface area contributed by atoms with Crippen LogP contribution in [-0.2, 0) is 36.9 Å². The first-order valence-electron chi connectivity index (χ1n) is 10.5. The summed E-state index contributed by atoms with van der Waals surface area (Å²) in [6, 6.07) is 17.2. The first-order valence-corrected chi connectivity index (χ1v) is 10.5. The Morgan fingerprint density at radius 1 is 0.886 bits per heavy atom. The minimum absolute atomic E-state index is 0.0196.